The van der Waals surface area contributed by atoms with E-state index in [1.807, 2.05) is 48.5 Å². The molecule has 8 heteroatoms. The standard InChI is InChI=1S/C28H25ClN2O3S2/c1-3-14-28(2,32)19-13-15-30-24(17-19)22-9-6-7-18-16-25(35-27(18)22)26(21-8-4-5-10-23(21)29)31-36(33,34)20-11-12-20/h1,4-10,13,15-17,20,26,31-32H,11-12,14H2,2H3/t26?,28-/m1/s1. The van der Waals surface area contributed by atoms with Gasteiger partial charge in [0.2, 0.25) is 10.0 Å². The maximum Gasteiger partial charge on any atom is 0.215 e. The van der Waals surface area contributed by atoms with Gasteiger partial charge in [-0.3, -0.25) is 4.98 Å². The average molecular weight is 537 g/mol. The summed E-state index contributed by atoms with van der Waals surface area (Å²) in [6, 6.07) is 18.2. The molecule has 0 amide bonds. The summed E-state index contributed by atoms with van der Waals surface area (Å²) in [6.45, 7) is 1.69. The Labute approximate surface area is 220 Å². The Balaban J connectivity index is 1.61. The first-order chi connectivity index (χ1) is 17.2. The molecule has 184 valence electrons. The van der Waals surface area contributed by atoms with E-state index in [2.05, 4.69) is 15.6 Å². The number of nitrogens with zero attached hydrogens (tertiary/aromatic N) is 1. The number of fused-ring (bicyclic) bond motifs is 1. The van der Waals surface area contributed by atoms with Gasteiger partial charge in [0.1, 0.15) is 0 Å². The zero-order valence-corrected chi connectivity index (χ0v) is 22.0. The number of sulfonamides is 1. The van der Waals surface area contributed by atoms with Crippen LogP contribution in [0.25, 0.3) is 21.3 Å². The summed E-state index contributed by atoms with van der Waals surface area (Å²) in [5, 5.41) is 11.9. The Morgan fingerprint density at radius 2 is 2.00 bits per heavy atom. The third-order valence-corrected chi connectivity index (χ3v) is 9.92. The van der Waals surface area contributed by atoms with E-state index in [1.165, 1.54) is 11.3 Å². The fourth-order valence-corrected chi connectivity index (χ4v) is 7.37. The third kappa shape index (κ3) is 4.93. The number of hydrogen-bond acceptors (Lipinski definition) is 5. The van der Waals surface area contributed by atoms with Crippen LogP contribution in [0.15, 0.2) is 66.9 Å². The molecule has 2 heterocycles. The van der Waals surface area contributed by atoms with Gasteiger partial charge in [-0.05, 0) is 60.5 Å². The monoisotopic (exact) mass is 536 g/mol. The maximum absolute atomic E-state index is 13.0. The maximum atomic E-state index is 13.0. The number of thiophene rings is 1. The molecule has 1 fully saturated rings. The van der Waals surface area contributed by atoms with Gasteiger partial charge in [0.05, 0.1) is 22.6 Å². The average Bonchev–Trinajstić information content (AvgIpc) is 3.63. The van der Waals surface area contributed by atoms with Crippen LogP contribution in [-0.2, 0) is 15.6 Å². The minimum absolute atomic E-state index is 0.185. The molecule has 36 heavy (non-hydrogen) atoms. The molecule has 1 saturated carbocycles. The van der Waals surface area contributed by atoms with Crippen molar-refractivity contribution in [2.75, 3.05) is 0 Å². The van der Waals surface area contributed by atoms with Crippen molar-refractivity contribution in [3.8, 4) is 23.6 Å². The van der Waals surface area contributed by atoms with Gasteiger partial charge in [0.25, 0.3) is 0 Å². The largest absolute Gasteiger partial charge is 0.384 e. The Morgan fingerprint density at radius 3 is 2.72 bits per heavy atom. The highest BCUT2D eigenvalue weighted by molar-refractivity contribution is 7.90. The second kappa shape index (κ2) is 9.62. The lowest BCUT2D eigenvalue weighted by Gasteiger charge is -2.21. The number of nitrogens with one attached hydrogen (secondary N) is 1. The quantitative estimate of drug-likeness (QED) is 0.270. The van der Waals surface area contributed by atoms with Crippen molar-refractivity contribution in [3.05, 3.63) is 87.9 Å². The number of aliphatic hydroxyl groups is 1. The van der Waals surface area contributed by atoms with E-state index in [1.54, 1.807) is 25.3 Å². The summed E-state index contributed by atoms with van der Waals surface area (Å²) in [6.07, 6.45) is 8.65. The summed E-state index contributed by atoms with van der Waals surface area (Å²) in [5.74, 6) is 2.53. The summed E-state index contributed by atoms with van der Waals surface area (Å²) < 4.78 is 29.8. The molecule has 2 atom stereocenters. The van der Waals surface area contributed by atoms with Gasteiger partial charge >= 0.3 is 0 Å². The van der Waals surface area contributed by atoms with Crippen LogP contribution in [0, 0.1) is 12.3 Å². The van der Waals surface area contributed by atoms with Gasteiger partial charge in [-0.15, -0.1) is 23.7 Å². The molecule has 0 radical (unpaired) electrons. The molecule has 2 aromatic carbocycles. The first kappa shape index (κ1) is 24.9. The summed E-state index contributed by atoms with van der Waals surface area (Å²) >= 11 is 8.03. The smallest absolute Gasteiger partial charge is 0.215 e. The van der Waals surface area contributed by atoms with Crippen LogP contribution in [-0.4, -0.2) is 23.8 Å². The number of aromatic nitrogens is 1. The van der Waals surface area contributed by atoms with E-state index >= 15 is 0 Å². The lowest BCUT2D eigenvalue weighted by atomic mass is 9.92. The lowest BCUT2D eigenvalue weighted by Crippen LogP contribution is -2.31. The molecule has 0 aliphatic heterocycles. The highest BCUT2D eigenvalue weighted by Gasteiger charge is 2.38. The number of halogens is 1. The zero-order valence-electron chi connectivity index (χ0n) is 19.6. The number of benzene rings is 2. The van der Waals surface area contributed by atoms with Gasteiger partial charge in [-0.25, -0.2) is 13.1 Å². The molecule has 0 spiro atoms. The molecule has 5 rings (SSSR count). The number of terminal acetylenes is 1. The molecule has 4 aromatic rings. The minimum atomic E-state index is -3.48. The molecule has 0 saturated heterocycles. The Morgan fingerprint density at radius 1 is 1.22 bits per heavy atom. The minimum Gasteiger partial charge on any atom is -0.384 e. The second-order valence-electron chi connectivity index (χ2n) is 9.27. The summed E-state index contributed by atoms with van der Waals surface area (Å²) in [4.78, 5) is 5.40. The molecule has 1 aliphatic carbocycles. The topological polar surface area (TPSA) is 79.3 Å². The van der Waals surface area contributed by atoms with Crippen LogP contribution in [0.4, 0.5) is 0 Å². The van der Waals surface area contributed by atoms with Gasteiger partial charge in [-0.1, -0.05) is 48.0 Å². The van der Waals surface area contributed by atoms with Crippen LogP contribution in [0.1, 0.15) is 48.2 Å². The van der Waals surface area contributed by atoms with Crippen molar-refractivity contribution in [1.82, 2.24) is 9.71 Å². The Kier molecular flexibility index (Phi) is 6.67. The predicted octanol–water partition coefficient (Wildman–Crippen LogP) is 6.02. The van der Waals surface area contributed by atoms with Gasteiger partial charge in [-0.2, -0.15) is 0 Å². The number of hydrogen-bond donors (Lipinski definition) is 2. The van der Waals surface area contributed by atoms with Crippen molar-refractivity contribution in [2.45, 2.75) is 43.1 Å². The van der Waals surface area contributed by atoms with Gasteiger partial charge in [0, 0.05) is 32.8 Å². The number of rotatable bonds is 8. The highest BCUT2D eigenvalue weighted by atomic mass is 35.5. The summed E-state index contributed by atoms with van der Waals surface area (Å²) in [7, 11) is -3.48. The van der Waals surface area contributed by atoms with Gasteiger partial charge in [0.15, 0.2) is 0 Å². The van der Waals surface area contributed by atoms with E-state index in [0.717, 1.165) is 20.5 Å². The fourth-order valence-electron chi connectivity index (χ4n) is 4.26. The Bertz CT molecular complexity index is 1580. The zero-order chi connectivity index (χ0) is 25.5. The van der Waals surface area contributed by atoms with Crippen molar-refractivity contribution in [2.24, 2.45) is 0 Å². The molecular formula is C28H25ClN2O3S2. The first-order valence-electron chi connectivity index (χ1n) is 11.6. The second-order valence-corrected chi connectivity index (χ2v) is 12.8. The normalized spacial score (nSPS) is 16.4. The molecular weight excluding hydrogens is 512 g/mol. The van der Waals surface area contributed by atoms with Crippen LogP contribution < -0.4 is 4.72 Å². The molecule has 0 bridgehead atoms. The Hall–Kier alpha value is -2.73. The van der Waals surface area contributed by atoms with Crippen molar-refractivity contribution in [1.29, 1.82) is 0 Å². The fraction of sp³-hybridized carbons (Fsp3) is 0.250. The van der Waals surface area contributed by atoms with E-state index in [-0.39, 0.29) is 11.7 Å². The van der Waals surface area contributed by atoms with Crippen molar-refractivity contribution in [3.63, 3.8) is 0 Å². The highest BCUT2D eigenvalue weighted by Crippen LogP contribution is 2.41. The van der Waals surface area contributed by atoms with Crippen LogP contribution in [0.5, 0.6) is 0 Å². The summed E-state index contributed by atoms with van der Waals surface area (Å²) in [5.41, 5.74) is 1.83. The van der Waals surface area contributed by atoms with Crippen molar-refractivity contribution >= 4 is 43.0 Å². The first-order valence-corrected chi connectivity index (χ1v) is 14.3. The van der Waals surface area contributed by atoms with E-state index in [9.17, 15) is 13.5 Å². The molecule has 1 aliphatic rings. The van der Waals surface area contributed by atoms with E-state index in [0.29, 0.717) is 34.7 Å². The van der Waals surface area contributed by atoms with Gasteiger partial charge < -0.3 is 5.11 Å². The molecule has 5 nitrogen and oxygen atoms in total. The lowest BCUT2D eigenvalue weighted by molar-refractivity contribution is 0.0629. The third-order valence-electron chi connectivity index (χ3n) is 6.41. The van der Waals surface area contributed by atoms with E-state index in [4.69, 9.17) is 18.0 Å². The van der Waals surface area contributed by atoms with Crippen LogP contribution >= 0.6 is 22.9 Å². The molecule has 2 N–H and O–H groups in total. The van der Waals surface area contributed by atoms with E-state index < -0.39 is 21.7 Å². The number of pyridine rings is 1. The predicted molar refractivity (Wildman–Crippen MR) is 146 cm³/mol. The van der Waals surface area contributed by atoms with Crippen LogP contribution in [0.2, 0.25) is 5.02 Å². The molecule has 1 unspecified atom stereocenters. The van der Waals surface area contributed by atoms with Crippen molar-refractivity contribution < 1.29 is 13.5 Å². The molecule has 2 aromatic heterocycles. The van der Waals surface area contributed by atoms with Crippen LogP contribution in [0.3, 0.4) is 0 Å². The SMILES string of the molecule is C#CC[C@@](C)(O)c1ccnc(-c2cccc3cc(C(NS(=O)(=O)C4CC4)c4ccccc4Cl)sc23)c1.